The molecule has 0 atom stereocenters. The number of unbranched alkanes of at least 4 members (excludes halogenated alkanes) is 2. The molecule has 0 spiro atoms. The smallest absolute Gasteiger partial charge is 0.345 e. The van der Waals surface area contributed by atoms with Crippen LogP contribution in [0.5, 0.6) is 5.75 Å². The first-order valence-electron chi connectivity index (χ1n) is 8.32. The Bertz CT molecular complexity index is 1050. The fraction of sp³-hybridized carbons (Fsp3) is 0.263. The molecule has 0 unspecified atom stereocenters. The summed E-state index contributed by atoms with van der Waals surface area (Å²) < 4.78 is 5.30. The van der Waals surface area contributed by atoms with Crippen LogP contribution in [0.15, 0.2) is 33.5 Å². The first-order valence-corrected chi connectivity index (χ1v) is 9.89. The number of aliphatic carboxylic acids is 1. The van der Waals surface area contributed by atoms with Crippen LogP contribution in [0.2, 0.25) is 10.0 Å². The number of rotatable bonds is 7. The topological polar surface area (TPSA) is 87.7 Å². The van der Waals surface area contributed by atoms with E-state index in [0.717, 1.165) is 29.0 Å². The fourth-order valence-electron chi connectivity index (χ4n) is 2.76. The summed E-state index contributed by atoms with van der Waals surface area (Å²) in [6, 6.07) is 6.97. The minimum absolute atomic E-state index is 0.0838. The number of hydrogen-bond acceptors (Lipinski definition) is 5. The molecule has 3 aromatic rings. The molecular weight excluding hydrogens is 411 g/mol. The van der Waals surface area contributed by atoms with Gasteiger partial charge in [-0.05, 0) is 43.5 Å². The number of carboxylic acid groups (broad SMARTS) is 1. The average Bonchev–Trinajstić information content (AvgIpc) is 3.08. The molecule has 0 aliphatic rings. The molecular formula is C19H16Cl2O5S. The van der Waals surface area contributed by atoms with E-state index in [1.165, 1.54) is 17.4 Å². The van der Waals surface area contributed by atoms with Crippen molar-refractivity contribution >= 4 is 51.5 Å². The maximum absolute atomic E-state index is 12.4. The largest absolute Gasteiger partial charge is 0.505 e. The highest BCUT2D eigenvalue weighted by Crippen LogP contribution is 2.39. The Morgan fingerprint density at radius 3 is 2.67 bits per heavy atom. The summed E-state index contributed by atoms with van der Waals surface area (Å²) in [5, 5.41) is 18.9. The highest BCUT2D eigenvalue weighted by atomic mass is 35.5. The van der Waals surface area contributed by atoms with E-state index >= 15 is 0 Å². The normalized spacial score (nSPS) is 11.2. The van der Waals surface area contributed by atoms with Crippen molar-refractivity contribution in [2.45, 2.75) is 32.1 Å². The molecule has 3 rings (SSSR count). The van der Waals surface area contributed by atoms with Crippen LogP contribution in [0.4, 0.5) is 0 Å². The van der Waals surface area contributed by atoms with Crippen LogP contribution in [-0.4, -0.2) is 16.2 Å². The number of aromatic hydroxyl groups is 1. The molecule has 0 amide bonds. The number of benzene rings is 1. The predicted octanol–water partition coefficient (Wildman–Crippen LogP) is 5.72. The van der Waals surface area contributed by atoms with Gasteiger partial charge in [-0.3, -0.25) is 4.79 Å². The summed E-state index contributed by atoms with van der Waals surface area (Å²) in [5.41, 5.74) is -0.0362. The monoisotopic (exact) mass is 426 g/mol. The van der Waals surface area contributed by atoms with Crippen LogP contribution >= 0.6 is 34.5 Å². The summed E-state index contributed by atoms with van der Waals surface area (Å²) in [4.78, 5) is 24.8. The van der Waals surface area contributed by atoms with E-state index in [4.69, 9.17) is 32.7 Å². The number of fused-ring (bicyclic) bond motifs is 1. The Kier molecular flexibility index (Phi) is 6.09. The van der Waals surface area contributed by atoms with Crippen LogP contribution < -0.4 is 5.63 Å². The number of halogens is 2. The second-order valence-electron chi connectivity index (χ2n) is 6.11. The third-order valence-electron chi connectivity index (χ3n) is 4.13. The second-order valence-corrected chi connectivity index (χ2v) is 8.06. The van der Waals surface area contributed by atoms with E-state index in [1.807, 2.05) is 12.1 Å². The molecule has 0 saturated heterocycles. The third kappa shape index (κ3) is 4.46. The number of phenolic OH excluding ortho intramolecular Hbond substituents is 1. The zero-order valence-corrected chi connectivity index (χ0v) is 16.5. The number of thiophene rings is 1. The van der Waals surface area contributed by atoms with Crippen LogP contribution in [0.25, 0.3) is 21.4 Å². The SMILES string of the molecule is O=C(O)CCCCCc1ccc(-c2cc3cc(Cl)c(O)c(Cl)c3oc2=O)s1. The third-order valence-corrected chi connectivity index (χ3v) is 5.95. The average molecular weight is 427 g/mol. The Labute approximate surface area is 168 Å². The van der Waals surface area contributed by atoms with Crippen molar-refractivity contribution in [2.24, 2.45) is 0 Å². The van der Waals surface area contributed by atoms with Gasteiger partial charge in [0.1, 0.15) is 5.02 Å². The molecule has 8 heteroatoms. The van der Waals surface area contributed by atoms with Gasteiger partial charge in [-0.1, -0.05) is 29.6 Å². The van der Waals surface area contributed by atoms with Crippen molar-refractivity contribution in [1.29, 1.82) is 0 Å². The molecule has 142 valence electrons. The first kappa shape index (κ1) is 19.7. The number of hydrogen-bond donors (Lipinski definition) is 2. The molecule has 0 saturated carbocycles. The minimum Gasteiger partial charge on any atom is -0.505 e. The molecule has 0 bridgehead atoms. The van der Waals surface area contributed by atoms with Gasteiger partial charge in [0.2, 0.25) is 0 Å². The zero-order chi connectivity index (χ0) is 19.6. The van der Waals surface area contributed by atoms with Gasteiger partial charge in [0.15, 0.2) is 11.3 Å². The van der Waals surface area contributed by atoms with Gasteiger partial charge in [0.05, 0.1) is 10.6 Å². The number of aryl methyl sites for hydroxylation is 1. The molecule has 0 radical (unpaired) electrons. The van der Waals surface area contributed by atoms with Gasteiger partial charge in [-0.15, -0.1) is 11.3 Å². The molecule has 2 N–H and O–H groups in total. The lowest BCUT2D eigenvalue weighted by atomic mass is 10.1. The van der Waals surface area contributed by atoms with Gasteiger partial charge < -0.3 is 14.6 Å². The molecule has 27 heavy (non-hydrogen) atoms. The molecule has 2 aromatic heterocycles. The summed E-state index contributed by atoms with van der Waals surface area (Å²) >= 11 is 13.4. The van der Waals surface area contributed by atoms with E-state index < -0.39 is 11.6 Å². The van der Waals surface area contributed by atoms with Crippen molar-refractivity contribution in [3.63, 3.8) is 0 Å². The van der Waals surface area contributed by atoms with E-state index in [1.54, 1.807) is 6.07 Å². The standard InChI is InChI=1S/C19H16Cl2O5S/c20-13-9-10-8-12(19(25)26-18(10)16(21)17(13)24)14-7-6-11(27-14)4-2-1-3-5-15(22)23/h6-9,24H,1-5H2,(H,22,23). The minimum atomic E-state index is -0.773. The first-order chi connectivity index (χ1) is 12.9. The zero-order valence-electron chi connectivity index (χ0n) is 14.1. The van der Waals surface area contributed by atoms with Gasteiger partial charge in [0.25, 0.3) is 0 Å². The molecule has 0 aliphatic heterocycles. The number of carboxylic acids is 1. The molecule has 2 heterocycles. The number of carbonyl (C=O) groups is 1. The van der Waals surface area contributed by atoms with Gasteiger partial charge in [-0.2, -0.15) is 0 Å². The maximum atomic E-state index is 12.4. The predicted molar refractivity (Wildman–Crippen MR) is 107 cm³/mol. The Balaban J connectivity index is 1.81. The molecule has 1 aromatic carbocycles. The van der Waals surface area contributed by atoms with Gasteiger partial charge >= 0.3 is 11.6 Å². The maximum Gasteiger partial charge on any atom is 0.345 e. The Hall–Kier alpha value is -2.02. The van der Waals surface area contributed by atoms with E-state index in [0.29, 0.717) is 17.4 Å². The van der Waals surface area contributed by atoms with Crippen molar-refractivity contribution in [3.8, 4) is 16.2 Å². The molecule has 5 nitrogen and oxygen atoms in total. The van der Waals surface area contributed by atoms with Crippen molar-refractivity contribution < 1.29 is 19.4 Å². The number of phenols is 1. The van der Waals surface area contributed by atoms with E-state index in [9.17, 15) is 14.7 Å². The van der Waals surface area contributed by atoms with Crippen molar-refractivity contribution in [2.75, 3.05) is 0 Å². The van der Waals surface area contributed by atoms with Crippen LogP contribution in [-0.2, 0) is 11.2 Å². The van der Waals surface area contributed by atoms with Crippen molar-refractivity contribution in [1.82, 2.24) is 0 Å². The lowest BCUT2D eigenvalue weighted by Gasteiger charge is -2.05. The highest BCUT2D eigenvalue weighted by Gasteiger charge is 2.16. The molecule has 0 fully saturated rings. The summed E-state index contributed by atoms with van der Waals surface area (Å²) in [6.45, 7) is 0. The summed E-state index contributed by atoms with van der Waals surface area (Å²) in [6.07, 6.45) is 3.42. The Morgan fingerprint density at radius 2 is 1.93 bits per heavy atom. The van der Waals surface area contributed by atoms with Gasteiger partial charge in [-0.25, -0.2) is 4.79 Å². The Morgan fingerprint density at radius 1 is 1.15 bits per heavy atom. The van der Waals surface area contributed by atoms with Crippen molar-refractivity contribution in [3.05, 3.63) is 49.6 Å². The lowest BCUT2D eigenvalue weighted by molar-refractivity contribution is -0.137. The fourth-order valence-corrected chi connectivity index (χ4v) is 4.33. The van der Waals surface area contributed by atoms with E-state index in [-0.39, 0.29) is 27.8 Å². The second kappa shape index (κ2) is 8.33. The van der Waals surface area contributed by atoms with Crippen LogP contribution in [0.3, 0.4) is 0 Å². The summed E-state index contributed by atoms with van der Waals surface area (Å²) in [5.74, 6) is -1.09. The molecule has 0 aliphatic carbocycles. The van der Waals surface area contributed by atoms with Gasteiger partial charge in [0, 0.05) is 21.6 Å². The highest BCUT2D eigenvalue weighted by molar-refractivity contribution is 7.15. The lowest BCUT2D eigenvalue weighted by Crippen LogP contribution is -2.01. The quantitative estimate of drug-likeness (QED) is 0.372. The van der Waals surface area contributed by atoms with E-state index in [2.05, 4.69) is 0 Å². The van der Waals surface area contributed by atoms with Crippen LogP contribution in [0.1, 0.15) is 30.6 Å². The summed E-state index contributed by atoms with van der Waals surface area (Å²) in [7, 11) is 0. The van der Waals surface area contributed by atoms with Crippen LogP contribution in [0, 0.1) is 0 Å².